The smallest absolute Gasteiger partial charge is 0.254 e. The Bertz CT molecular complexity index is 254. The van der Waals surface area contributed by atoms with E-state index in [9.17, 15) is 9.59 Å². The molecule has 0 saturated heterocycles. The number of nitrogens with two attached hydrogens (primary N) is 1. The Morgan fingerprint density at radius 2 is 1.75 bits per heavy atom. The van der Waals surface area contributed by atoms with Crippen LogP contribution in [0.3, 0.4) is 0 Å². The number of rotatable bonds is 7. The zero-order valence-corrected chi connectivity index (χ0v) is 9.82. The van der Waals surface area contributed by atoms with Crippen molar-refractivity contribution in [3.63, 3.8) is 0 Å². The van der Waals surface area contributed by atoms with Crippen molar-refractivity contribution in [2.75, 3.05) is 0 Å². The molecular formula is C12H20N2O2. The molecule has 4 heteroatoms. The Kier molecular flexibility index (Phi) is 7.12. The molecule has 0 radical (unpaired) electrons. The molecule has 0 aliphatic rings. The van der Waals surface area contributed by atoms with E-state index in [0.29, 0.717) is 6.42 Å². The standard InChI is InChI=1S/C12H20N2O2/c1-4-7-8-9-10(13)14(11(15)5-2)12(16)6-3/h5-6,10H,2-4,7-9,13H2,1H3. The van der Waals surface area contributed by atoms with Gasteiger partial charge in [0.15, 0.2) is 0 Å². The van der Waals surface area contributed by atoms with Gasteiger partial charge in [-0.2, -0.15) is 0 Å². The van der Waals surface area contributed by atoms with Crippen LogP contribution in [0.4, 0.5) is 0 Å². The first-order valence-electron chi connectivity index (χ1n) is 5.46. The van der Waals surface area contributed by atoms with Crippen LogP contribution in [0.5, 0.6) is 0 Å². The topological polar surface area (TPSA) is 63.4 Å². The Morgan fingerprint density at radius 3 is 2.12 bits per heavy atom. The molecule has 0 spiro atoms. The van der Waals surface area contributed by atoms with Gasteiger partial charge >= 0.3 is 0 Å². The maximum absolute atomic E-state index is 11.4. The van der Waals surface area contributed by atoms with Gasteiger partial charge in [-0.1, -0.05) is 39.3 Å². The highest BCUT2D eigenvalue weighted by Gasteiger charge is 2.22. The zero-order valence-electron chi connectivity index (χ0n) is 9.82. The lowest BCUT2D eigenvalue weighted by atomic mass is 10.1. The molecular weight excluding hydrogens is 204 g/mol. The quantitative estimate of drug-likeness (QED) is 0.405. The highest BCUT2D eigenvalue weighted by Crippen LogP contribution is 2.07. The number of unbranched alkanes of at least 4 members (excludes halogenated alkanes) is 2. The van der Waals surface area contributed by atoms with Crippen LogP contribution in [-0.4, -0.2) is 22.9 Å². The molecule has 0 bridgehead atoms. The van der Waals surface area contributed by atoms with E-state index in [-0.39, 0.29) is 0 Å². The SMILES string of the molecule is C=CC(=O)N(C(=O)C=C)C(N)CCCCC. The van der Waals surface area contributed by atoms with E-state index in [1.165, 1.54) is 0 Å². The van der Waals surface area contributed by atoms with Crippen LogP contribution >= 0.6 is 0 Å². The van der Waals surface area contributed by atoms with Gasteiger partial charge in [-0.05, 0) is 18.6 Å². The van der Waals surface area contributed by atoms with Crippen molar-refractivity contribution >= 4 is 11.8 Å². The summed E-state index contributed by atoms with van der Waals surface area (Å²) in [4.78, 5) is 23.9. The molecule has 2 N–H and O–H groups in total. The van der Waals surface area contributed by atoms with Gasteiger partial charge in [0.05, 0.1) is 6.17 Å². The second kappa shape index (κ2) is 7.82. The van der Waals surface area contributed by atoms with Gasteiger partial charge in [0.2, 0.25) is 0 Å². The molecule has 1 atom stereocenters. The first-order valence-corrected chi connectivity index (χ1v) is 5.46. The highest BCUT2D eigenvalue weighted by molar-refractivity contribution is 6.04. The van der Waals surface area contributed by atoms with Crippen molar-refractivity contribution in [2.45, 2.75) is 38.8 Å². The largest absolute Gasteiger partial charge is 0.311 e. The normalized spacial score (nSPS) is 11.6. The summed E-state index contributed by atoms with van der Waals surface area (Å²) in [5, 5.41) is 0. The second-order valence-corrected chi connectivity index (χ2v) is 3.52. The summed E-state index contributed by atoms with van der Waals surface area (Å²) in [5.41, 5.74) is 5.80. The molecule has 16 heavy (non-hydrogen) atoms. The third-order valence-corrected chi connectivity index (χ3v) is 2.26. The maximum atomic E-state index is 11.4. The fourth-order valence-electron chi connectivity index (χ4n) is 1.36. The summed E-state index contributed by atoms with van der Waals surface area (Å²) in [6, 6.07) is 0. The van der Waals surface area contributed by atoms with Gasteiger partial charge in [0.25, 0.3) is 11.8 Å². The predicted octanol–water partition coefficient (Wildman–Crippen LogP) is 1.58. The fourth-order valence-corrected chi connectivity index (χ4v) is 1.36. The van der Waals surface area contributed by atoms with Crippen LogP contribution in [0.15, 0.2) is 25.3 Å². The van der Waals surface area contributed by atoms with Crippen LogP contribution in [0, 0.1) is 0 Å². The van der Waals surface area contributed by atoms with Crippen molar-refractivity contribution in [2.24, 2.45) is 5.73 Å². The number of amides is 2. The van der Waals surface area contributed by atoms with E-state index in [0.717, 1.165) is 36.3 Å². The summed E-state index contributed by atoms with van der Waals surface area (Å²) < 4.78 is 0. The van der Waals surface area contributed by atoms with Crippen molar-refractivity contribution in [3.05, 3.63) is 25.3 Å². The van der Waals surface area contributed by atoms with Gasteiger partial charge < -0.3 is 5.73 Å². The molecule has 0 saturated carbocycles. The molecule has 1 unspecified atom stereocenters. The van der Waals surface area contributed by atoms with Gasteiger partial charge in [-0.3, -0.25) is 14.5 Å². The van der Waals surface area contributed by atoms with Crippen molar-refractivity contribution in [3.8, 4) is 0 Å². The van der Waals surface area contributed by atoms with Crippen LogP contribution in [0.2, 0.25) is 0 Å². The van der Waals surface area contributed by atoms with E-state index < -0.39 is 18.0 Å². The average Bonchev–Trinajstić information content (AvgIpc) is 2.29. The Hall–Kier alpha value is -1.42. The highest BCUT2D eigenvalue weighted by atomic mass is 16.2. The van der Waals surface area contributed by atoms with Crippen LogP contribution in [-0.2, 0) is 9.59 Å². The number of hydrogen-bond acceptors (Lipinski definition) is 3. The minimum absolute atomic E-state index is 0.478. The fraction of sp³-hybridized carbons (Fsp3) is 0.500. The minimum atomic E-state index is -0.595. The Balaban J connectivity index is 4.50. The summed E-state index contributed by atoms with van der Waals surface area (Å²) in [7, 11) is 0. The molecule has 0 aliphatic carbocycles. The average molecular weight is 224 g/mol. The molecule has 90 valence electrons. The number of carbonyl (C=O) groups is 2. The number of carbonyl (C=O) groups excluding carboxylic acids is 2. The van der Waals surface area contributed by atoms with Crippen molar-refractivity contribution < 1.29 is 9.59 Å². The summed E-state index contributed by atoms with van der Waals surface area (Å²) in [5.74, 6) is -0.956. The second-order valence-electron chi connectivity index (χ2n) is 3.52. The Morgan fingerprint density at radius 1 is 1.25 bits per heavy atom. The molecule has 4 nitrogen and oxygen atoms in total. The van der Waals surface area contributed by atoms with Crippen LogP contribution in [0.25, 0.3) is 0 Å². The molecule has 0 fully saturated rings. The van der Waals surface area contributed by atoms with Gasteiger partial charge in [0, 0.05) is 0 Å². The lowest BCUT2D eigenvalue weighted by Crippen LogP contribution is -2.48. The first-order chi connectivity index (χ1) is 7.58. The summed E-state index contributed by atoms with van der Waals surface area (Å²) in [6.45, 7) is 8.76. The summed E-state index contributed by atoms with van der Waals surface area (Å²) >= 11 is 0. The molecule has 0 heterocycles. The van der Waals surface area contributed by atoms with Crippen LogP contribution < -0.4 is 5.73 Å². The lowest BCUT2D eigenvalue weighted by Gasteiger charge is -2.24. The van der Waals surface area contributed by atoms with Crippen molar-refractivity contribution in [1.82, 2.24) is 4.90 Å². The van der Waals surface area contributed by atoms with Crippen molar-refractivity contribution in [1.29, 1.82) is 0 Å². The van der Waals surface area contributed by atoms with E-state index >= 15 is 0 Å². The molecule has 0 aromatic carbocycles. The first kappa shape index (κ1) is 14.6. The van der Waals surface area contributed by atoms with Crippen LogP contribution in [0.1, 0.15) is 32.6 Å². The molecule has 0 aromatic rings. The third kappa shape index (κ3) is 4.40. The monoisotopic (exact) mass is 224 g/mol. The van der Waals surface area contributed by atoms with E-state index in [1.54, 1.807) is 0 Å². The number of nitrogens with zero attached hydrogens (tertiary/aromatic N) is 1. The zero-order chi connectivity index (χ0) is 12.6. The molecule has 2 amide bonds. The third-order valence-electron chi connectivity index (χ3n) is 2.26. The van der Waals surface area contributed by atoms with E-state index in [4.69, 9.17) is 5.73 Å². The number of imide groups is 1. The van der Waals surface area contributed by atoms with Gasteiger partial charge in [0.1, 0.15) is 0 Å². The number of hydrogen-bond donors (Lipinski definition) is 1. The maximum Gasteiger partial charge on any atom is 0.254 e. The lowest BCUT2D eigenvalue weighted by molar-refractivity contribution is -0.141. The van der Waals surface area contributed by atoms with E-state index in [2.05, 4.69) is 20.1 Å². The molecule has 0 aliphatic heterocycles. The van der Waals surface area contributed by atoms with E-state index in [1.807, 2.05) is 0 Å². The van der Waals surface area contributed by atoms with Gasteiger partial charge in [-0.25, -0.2) is 0 Å². The van der Waals surface area contributed by atoms with Gasteiger partial charge in [-0.15, -0.1) is 0 Å². The minimum Gasteiger partial charge on any atom is -0.311 e. The Labute approximate surface area is 96.8 Å². The predicted molar refractivity (Wildman–Crippen MR) is 64.4 cm³/mol. The molecule has 0 aromatic heterocycles. The summed E-state index contributed by atoms with van der Waals surface area (Å²) in [6.07, 6.45) is 5.17. The molecule has 0 rings (SSSR count).